The average Bonchev–Trinajstić information content (AvgIpc) is 3.01. The van der Waals surface area contributed by atoms with Crippen molar-refractivity contribution in [3.05, 3.63) is 48.3 Å². The maximum absolute atomic E-state index is 12.4. The summed E-state index contributed by atoms with van der Waals surface area (Å²) in [5.74, 6) is 0. The number of aromatic amines is 1. The van der Waals surface area contributed by atoms with Gasteiger partial charge < -0.3 is 10.2 Å². The Kier molecular flexibility index (Phi) is 3.64. The zero-order valence-electron chi connectivity index (χ0n) is 12.2. The van der Waals surface area contributed by atoms with Crippen molar-refractivity contribution in [3.8, 4) is 0 Å². The molecule has 0 unspecified atom stereocenters. The Bertz CT molecular complexity index is 596. The van der Waals surface area contributed by atoms with Crippen molar-refractivity contribution in [2.45, 2.75) is 25.2 Å². The number of urea groups is 1. The summed E-state index contributed by atoms with van der Waals surface area (Å²) in [7, 11) is 0. The lowest BCUT2D eigenvalue weighted by Gasteiger charge is -2.40. The van der Waals surface area contributed by atoms with E-state index in [4.69, 9.17) is 0 Å². The molecule has 5 heteroatoms. The molecule has 0 bridgehead atoms. The van der Waals surface area contributed by atoms with Crippen LogP contribution in [0.5, 0.6) is 0 Å². The second-order valence-corrected chi connectivity index (χ2v) is 5.87. The first-order valence-corrected chi connectivity index (χ1v) is 7.28. The second kappa shape index (κ2) is 5.60. The molecule has 2 aromatic rings. The van der Waals surface area contributed by atoms with Crippen LogP contribution in [0, 0.1) is 0 Å². The van der Waals surface area contributed by atoms with Gasteiger partial charge in [0.2, 0.25) is 0 Å². The number of piperidine rings is 1. The number of likely N-dealkylation sites (tertiary alicyclic amines) is 1. The Labute approximate surface area is 124 Å². The summed E-state index contributed by atoms with van der Waals surface area (Å²) in [5, 5.41) is 9.41. The van der Waals surface area contributed by atoms with Crippen LogP contribution in [0.25, 0.3) is 0 Å². The number of rotatable bonds is 2. The maximum atomic E-state index is 12.4. The fraction of sp³-hybridized carbons (Fsp3) is 0.375. The molecule has 1 aromatic carbocycles. The van der Waals surface area contributed by atoms with Gasteiger partial charge in [-0.15, -0.1) is 0 Å². The zero-order chi connectivity index (χ0) is 14.7. The largest absolute Gasteiger partial charge is 0.324 e. The SMILES string of the molecule is C[C@]1(c2ccccc2)CCCN(C(=O)Nc2cn[nH]c2)C1. The fourth-order valence-corrected chi connectivity index (χ4v) is 3.01. The van der Waals surface area contributed by atoms with Crippen molar-refractivity contribution in [3.63, 3.8) is 0 Å². The van der Waals surface area contributed by atoms with Crippen LogP contribution >= 0.6 is 0 Å². The second-order valence-electron chi connectivity index (χ2n) is 5.87. The van der Waals surface area contributed by atoms with Crippen molar-refractivity contribution in [2.24, 2.45) is 0 Å². The summed E-state index contributed by atoms with van der Waals surface area (Å²) >= 11 is 0. The number of carbonyl (C=O) groups is 1. The van der Waals surface area contributed by atoms with Gasteiger partial charge in [-0.2, -0.15) is 5.10 Å². The molecule has 21 heavy (non-hydrogen) atoms. The smallest absolute Gasteiger partial charge is 0.321 e. The predicted molar refractivity (Wildman–Crippen MR) is 82.2 cm³/mol. The molecule has 1 aliphatic heterocycles. The lowest BCUT2D eigenvalue weighted by atomic mass is 9.76. The molecule has 0 saturated carbocycles. The number of nitrogens with one attached hydrogen (secondary N) is 2. The van der Waals surface area contributed by atoms with Crippen LogP contribution < -0.4 is 5.32 Å². The maximum Gasteiger partial charge on any atom is 0.321 e. The van der Waals surface area contributed by atoms with Crippen molar-refractivity contribution in [1.29, 1.82) is 0 Å². The molecule has 0 radical (unpaired) electrons. The minimum Gasteiger partial charge on any atom is -0.324 e. The molecule has 1 saturated heterocycles. The number of carbonyl (C=O) groups excluding carboxylic acids is 1. The topological polar surface area (TPSA) is 61.0 Å². The summed E-state index contributed by atoms with van der Waals surface area (Å²) in [4.78, 5) is 14.3. The zero-order valence-corrected chi connectivity index (χ0v) is 12.2. The Hall–Kier alpha value is -2.30. The van der Waals surface area contributed by atoms with Crippen LogP contribution in [0.1, 0.15) is 25.3 Å². The van der Waals surface area contributed by atoms with E-state index in [1.807, 2.05) is 11.0 Å². The number of amides is 2. The summed E-state index contributed by atoms with van der Waals surface area (Å²) in [5.41, 5.74) is 2.02. The molecule has 0 spiro atoms. The van der Waals surface area contributed by atoms with Gasteiger partial charge >= 0.3 is 6.03 Å². The first kappa shape index (κ1) is 13.7. The molecular weight excluding hydrogens is 264 g/mol. The number of benzene rings is 1. The summed E-state index contributed by atoms with van der Waals surface area (Å²) in [6.45, 7) is 3.77. The van der Waals surface area contributed by atoms with E-state index in [1.165, 1.54) is 5.56 Å². The van der Waals surface area contributed by atoms with Crippen molar-refractivity contribution >= 4 is 11.7 Å². The molecule has 2 heterocycles. The molecule has 2 amide bonds. The molecule has 1 atom stereocenters. The number of aromatic nitrogens is 2. The Morgan fingerprint density at radius 3 is 2.90 bits per heavy atom. The highest BCUT2D eigenvalue weighted by Gasteiger charge is 2.34. The predicted octanol–water partition coefficient (Wildman–Crippen LogP) is 3.00. The fourth-order valence-electron chi connectivity index (χ4n) is 3.01. The van der Waals surface area contributed by atoms with E-state index < -0.39 is 0 Å². The van der Waals surface area contributed by atoms with Crippen LogP contribution in [0.3, 0.4) is 0 Å². The molecular formula is C16H20N4O. The van der Waals surface area contributed by atoms with E-state index >= 15 is 0 Å². The highest BCUT2D eigenvalue weighted by Crippen LogP contribution is 2.33. The highest BCUT2D eigenvalue weighted by molar-refractivity contribution is 5.89. The van der Waals surface area contributed by atoms with E-state index in [-0.39, 0.29) is 11.4 Å². The van der Waals surface area contributed by atoms with E-state index in [1.54, 1.807) is 12.4 Å². The van der Waals surface area contributed by atoms with Crippen molar-refractivity contribution in [2.75, 3.05) is 18.4 Å². The third-order valence-electron chi connectivity index (χ3n) is 4.20. The van der Waals surface area contributed by atoms with Gasteiger partial charge in [-0.25, -0.2) is 4.79 Å². The molecule has 5 nitrogen and oxygen atoms in total. The average molecular weight is 284 g/mol. The van der Waals surface area contributed by atoms with Gasteiger partial charge in [0, 0.05) is 24.7 Å². The lowest BCUT2D eigenvalue weighted by Crippen LogP contribution is -2.48. The summed E-state index contributed by atoms with van der Waals surface area (Å²) in [6, 6.07) is 10.4. The Morgan fingerprint density at radius 2 is 2.19 bits per heavy atom. The molecule has 1 aliphatic rings. The number of anilines is 1. The minimum absolute atomic E-state index is 0.0211. The quantitative estimate of drug-likeness (QED) is 0.890. The number of hydrogen-bond donors (Lipinski definition) is 2. The molecule has 110 valence electrons. The molecule has 1 fully saturated rings. The van der Waals surface area contributed by atoms with E-state index in [2.05, 4.69) is 46.7 Å². The normalized spacial score (nSPS) is 22.0. The summed E-state index contributed by atoms with van der Waals surface area (Å²) < 4.78 is 0. The van der Waals surface area contributed by atoms with Crippen LogP contribution in [-0.4, -0.2) is 34.2 Å². The monoisotopic (exact) mass is 284 g/mol. The number of H-pyrrole nitrogens is 1. The van der Waals surface area contributed by atoms with Gasteiger partial charge in [0.25, 0.3) is 0 Å². The van der Waals surface area contributed by atoms with Crippen molar-refractivity contribution in [1.82, 2.24) is 15.1 Å². The summed E-state index contributed by atoms with van der Waals surface area (Å²) in [6.07, 6.45) is 5.41. The van der Waals surface area contributed by atoms with Gasteiger partial charge in [0.05, 0.1) is 11.9 Å². The van der Waals surface area contributed by atoms with Crippen LogP contribution in [0.15, 0.2) is 42.7 Å². The van der Waals surface area contributed by atoms with Crippen molar-refractivity contribution < 1.29 is 4.79 Å². The van der Waals surface area contributed by atoms with E-state index in [0.717, 1.165) is 25.9 Å². The lowest BCUT2D eigenvalue weighted by molar-refractivity contribution is 0.167. The highest BCUT2D eigenvalue weighted by atomic mass is 16.2. The van der Waals surface area contributed by atoms with Crippen LogP contribution in [-0.2, 0) is 5.41 Å². The standard InChI is InChI=1S/C16H20N4O/c1-16(13-6-3-2-4-7-13)8-5-9-20(12-16)15(21)19-14-10-17-18-11-14/h2-4,6-7,10-11H,5,8-9,12H2,1H3,(H,17,18)(H,19,21)/t16-/m0/s1. The molecule has 1 aromatic heterocycles. The number of hydrogen-bond acceptors (Lipinski definition) is 2. The van der Waals surface area contributed by atoms with Crippen LogP contribution in [0.2, 0.25) is 0 Å². The Balaban J connectivity index is 1.72. The van der Waals surface area contributed by atoms with Crippen LogP contribution in [0.4, 0.5) is 10.5 Å². The first-order valence-electron chi connectivity index (χ1n) is 7.28. The first-order chi connectivity index (χ1) is 10.2. The third-order valence-corrected chi connectivity index (χ3v) is 4.20. The molecule has 3 rings (SSSR count). The van der Waals surface area contributed by atoms with Gasteiger partial charge in [0.1, 0.15) is 0 Å². The van der Waals surface area contributed by atoms with Gasteiger partial charge in [-0.3, -0.25) is 5.10 Å². The Morgan fingerprint density at radius 1 is 1.38 bits per heavy atom. The van der Waals surface area contributed by atoms with Gasteiger partial charge in [-0.1, -0.05) is 37.3 Å². The van der Waals surface area contributed by atoms with Gasteiger partial charge in [0.15, 0.2) is 0 Å². The third kappa shape index (κ3) is 2.91. The molecule has 0 aliphatic carbocycles. The van der Waals surface area contributed by atoms with E-state index in [9.17, 15) is 4.79 Å². The van der Waals surface area contributed by atoms with Gasteiger partial charge in [-0.05, 0) is 18.4 Å². The number of nitrogens with zero attached hydrogens (tertiary/aromatic N) is 2. The van der Waals surface area contributed by atoms with E-state index in [0.29, 0.717) is 5.69 Å². The minimum atomic E-state index is -0.0572. The molecule has 2 N–H and O–H groups in total.